The smallest absolute Gasteiger partial charge is 0.166 e. The highest BCUT2D eigenvalue weighted by Gasteiger charge is 2.69. The number of benzene rings is 1. The van der Waals surface area contributed by atoms with Crippen LogP contribution in [0.15, 0.2) is 24.3 Å². The molecule has 122 valence electrons. The Bertz CT molecular complexity index is 727. The number of rotatable bonds is 1. The van der Waals surface area contributed by atoms with Crippen molar-refractivity contribution in [1.82, 2.24) is 4.90 Å². The minimum Gasteiger partial charge on any atom is -0.493 e. The third-order valence-corrected chi connectivity index (χ3v) is 7.45. The molecule has 2 aliphatic heterocycles. The van der Waals surface area contributed by atoms with Crippen LogP contribution in [-0.4, -0.2) is 37.7 Å². The molecule has 2 heterocycles. The maximum absolute atomic E-state index is 6.57. The number of methoxy groups -OCH3 is 1. The van der Waals surface area contributed by atoms with Gasteiger partial charge in [0, 0.05) is 17.0 Å². The van der Waals surface area contributed by atoms with Crippen LogP contribution in [-0.2, 0) is 11.8 Å². The summed E-state index contributed by atoms with van der Waals surface area (Å²) in [4.78, 5) is 2.58. The largest absolute Gasteiger partial charge is 0.493 e. The monoisotopic (exact) mass is 311 g/mol. The van der Waals surface area contributed by atoms with Gasteiger partial charge in [0.25, 0.3) is 0 Å². The molecule has 0 radical (unpaired) electrons. The Morgan fingerprint density at radius 2 is 2.17 bits per heavy atom. The van der Waals surface area contributed by atoms with Crippen LogP contribution in [0.1, 0.15) is 37.3 Å². The highest BCUT2D eigenvalue weighted by Crippen LogP contribution is 2.69. The minimum atomic E-state index is 0.0942. The number of piperidine rings is 1. The van der Waals surface area contributed by atoms with Gasteiger partial charge in [-0.05, 0) is 61.9 Å². The molecule has 3 nitrogen and oxygen atoms in total. The van der Waals surface area contributed by atoms with Crippen LogP contribution >= 0.6 is 0 Å². The van der Waals surface area contributed by atoms with Gasteiger partial charge in [-0.15, -0.1) is 0 Å². The van der Waals surface area contributed by atoms with Crippen LogP contribution in [0.3, 0.4) is 0 Å². The molecule has 0 aromatic heterocycles. The fraction of sp³-hybridized carbons (Fsp3) is 0.600. The summed E-state index contributed by atoms with van der Waals surface area (Å²) in [7, 11) is 4.04. The Labute approximate surface area is 138 Å². The minimum absolute atomic E-state index is 0.0942. The molecule has 3 heteroatoms. The van der Waals surface area contributed by atoms with Crippen molar-refractivity contribution in [1.29, 1.82) is 0 Å². The molecule has 1 saturated carbocycles. The molecule has 23 heavy (non-hydrogen) atoms. The average molecular weight is 311 g/mol. The van der Waals surface area contributed by atoms with Crippen molar-refractivity contribution in [3.05, 3.63) is 35.4 Å². The van der Waals surface area contributed by atoms with Crippen LogP contribution in [0.2, 0.25) is 0 Å². The second kappa shape index (κ2) is 4.13. The van der Waals surface area contributed by atoms with E-state index in [0.717, 1.165) is 37.3 Å². The second-order valence-electron chi connectivity index (χ2n) is 8.13. The average Bonchev–Trinajstić information content (AvgIpc) is 2.90. The van der Waals surface area contributed by atoms with E-state index in [1.54, 1.807) is 7.11 Å². The van der Waals surface area contributed by atoms with Gasteiger partial charge in [-0.3, -0.25) is 0 Å². The molecule has 1 saturated heterocycles. The lowest BCUT2D eigenvalue weighted by Gasteiger charge is -2.64. The summed E-state index contributed by atoms with van der Waals surface area (Å²) in [5, 5.41) is 0. The highest BCUT2D eigenvalue weighted by molar-refractivity contribution is 5.63. The van der Waals surface area contributed by atoms with E-state index in [1.807, 2.05) is 0 Å². The van der Waals surface area contributed by atoms with E-state index in [9.17, 15) is 0 Å². The fourth-order valence-electron chi connectivity index (χ4n) is 6.27. The standard InChI is InChI=1S/C20H25NO2/c1-12-7-8-19(2)15-11-13-5-6-14(22-4)17-16(13)20(19,18(12)23-17)9-10-21(15)3/h5-6,15,18H,1,7-11H2,2-4H3/t15-,18+,19+,20+/m1/s1. The van der Waals surface area contributed by atoms with Crippen molar-refractivity contribution in [2.24, 2.45) is 5.41 Å². The lowest BCUT2D eigenvalue weighted by molar-refractivity contribution is -0.0898. The summed E-state index contributed by atoms with van der Waals surface area (Å²) in [6.45, 7) is 8.05. The van der Waals surface area contributed by atoms with Crippen LogP contribution in [0.25, 0.3) is 0 Å². The van der Waals surface area contributed by atoms with Crippen molar-refractivity contribution in [3.8, 4) is 11.5 Å². The lowest BCUT2D eigenvalue weighted by atomic mass is 9.44. The third-order valence-electron chi connectivity index (χ3n) is 7.45. The first-order chi connectivity index (χ1) is 11.0. The number of hydrogen-bond donors (Lipinski definition) is 0. The number of likely N-dealkylation sites (N-methyl/N-ethyl adjacent to an activating group) is 1. The summed E-state index contributed by atoms with van der Waals surface area (Å²) >= 11 is 0. The molecule has 1 aromatic carbocycles. The summed E-state index contributed by atoms with van der Waals surface area (Å²) < 4.78 is 12.2. The second-order valence-corrected chi connectivity index (χ2v) is 8.13. The number of nitrogens with zero attached hydrogens (tertiary/aromatic N) is 1. The molecule has 1 aromatic rings. The van der Waals surface area contributed by atoms with E-state index in [2.05, 4.69) is 37.6 Å². The Kier molecular flexibility index (Phi) is 2.50. The predicted molar refractivity (Wildman–Crippen MR) is 90.3 cm³/mol. The van der Waals surface area contributed by atoms with Gasteiger partial charge in [0.2, 0.25) is 0 Å². The van der Waals surface area contributed by atoms with Gasteiger partial charge in [-0.2, -0.15) is 0 Å². The van der Waals surface area contributed by atoms with Gasteiger partial charge in [-0.25, -0.2) is 0 Å². The van der Waals surface area contributed by atoms with Crippen LogP contribution in [0.4, 0.5) is 0 Å². The van der Waals surface area contributed by atoms with E-state index in [1.165, 1.54) is 23.1 Å². The maximum Gasteiger partial charge on any atom is 0.166 e. The summed E-state index contributed by atoms with van der Waals surface area (Å²) in [5.41, 5.74) is 4.55. The molecule has 2 bridgehead atoms. The van der Waals surface area contributed by atoms with E-state index < -0.39 is 0 Å². The quantitative estimate of drug-likeness (QED) is 0.743. The molecule has 2 aliphatic carbocycles. The molecular formula is C20H25NO2. The molecule has 0 unspecified atom stereocenters. The van der Waals surface area contributed by atoms with Gasteiger partial charge >= 0.3 is 0 Å². The molecule has 5 rings (SSSR count). The molecular weight excluding hydrogens is 286 g/mol. The molecule has 2 fully saturated rings. The molecule has 1 spiro atoms. The Morgan fingerprint density at radius 1 is 1.35 bits per heavy atom. The molecule has 4 aliphatic rings. The Morgan fingerprint density at radius 3 is 2.96 bits per heavy atom. The Balaban J connectivity index is 1.86. The van der Waals surface area contributed by atoms with Crippen molar-refractivity contribution in [2.75, 3.05) is 20.7 Å². The first-order valence-corrected chi connectivity index (χ1v) is 8.78. The zero-order chi connectivity index (χ0) is 16.0. The van der Waals surface area contributed by atoms with E-state index in [0.29, 0.717) is 6.04 Å². The SMILES string of the molecule is C=C1CC[C@@]2(C)[C@H]3Cc4ccc(OC)c5c4[C@@]2(CCN3C)[C@H]1O5. The van der Waals surface area contributed by atoms with Gasteiger partial charge < -0.3 is 14.4 Å². The highest BCUT2D eigenvalue weighted by atomic mass is 16.5. The maximum atomic E-state index is 6.57. The Hall–Kier alpha value is -1.48. The van der Waals surface area contributed by atoms with Crippen molar-refractivity contribution >= 4 is 0 Å². The third kappa shape index (κ3) is 1.34. The van der Waals surface area contributed by atoms with Gasteiger partial charge in [0.15, 0.2) is 11.5 Å². The first kappa shape index (κ1) is 13.9. The van der Waals surface area contributed by atoms with Crippen molar-refractivity contribution in [3.63, 3.8) is 0 Å². The summed E-state index contributed by atoms with van der Waals surface area (Å²) in [5.74, 6) is 1.90. The predicted octanol–water partition coefficient (Wildman–Crippen LogP) is 3.31. The van der Waals surface area contributed by atoms with Crippen LogP contribution in [0.5, 0.6) is 11.5 Å². The lowest BCUT2D eigenvalue weighted by Crippen LogP contribution is -2.69. The number of ether oxygens (including phenoxy) is 2. The molecule has 0 N–H and O–H groups in total. The topological polar surface area (TPSA) is 21.7 Å². The van der Waals surface area contributed by atoms with Gasteiger partial charge in [0.05, 0.1) is 7.11 Å². The van der Waals surface area contributed by atoms with Gasteiger partial charge in [0.1, 0.15) is 6.10 Å². The zero-order valence-corrected chi connectivity index (χ0v) is 14.3. The summed E-state index contributed by atoms with van der Waals surface area (Å²) in [6, 6.07) is 4.96. The van der Waals surface area contributed by atoms with Crippen molar-refractivity contribution < 1.29 is 9.47 Å². The summed E-state index contributed by atoms with van der Waals surface area (Å²) in [6.07, 6.45) is 4.72. The van der Waals surface area contributed by atoms with Gasteiger partial charge in [-0.1, -0.05) is 19.6 Å². The van der Waals surface area contributed by atoms with E-state index in [-0.39, 0.29) is 16.9 Å². The van der Waals surface area contributed by atoms with Crippen LogP contribution < -0.4 is 9.47 Å². The van der Waals surface area contributed by atoms with E-state index in [4.69, 9.17) is 9.47 Å². The molecule has 4 atom stereocenters. The van der Waals surface area contributed by atoms with Crippen LogP contribution in [0, 0.1) is 5.41 Å². The van der Waals surface area contributed by atoms with E-state index >= 15 is 0 Å². The van der Waals surface area contributed by atoms with Crippen molar-refractivity contribution in [2.45, 2.75) is 50.2 Å². The number of hydrogen-bond acceptors (Lipinski definition) is 3. The number of likely N-dealkylation sites (tertiary alicyclic amines) is 1. The zero-order valence-electron chi connectivity index (χ0n) is 14.3. The molecule has 0 amide bonds. The normalized spacial score (nSPS) is 40.6. The first-order valence-electron chi connectivity index (χ1n) is 8.78. The fourth-order valence-corrected chi connectivity index (χ4v) is 6.27.